The Morgan fingerprint density at radius 1 is 0.739 bits per heavy atom. The van der Waals surface area contributed by atoms with Gasteiger partial charge in [-0.2, -0.15) is 0 Å². The molecule has 1 aromatic heterocycles. The summed E-state index contributed by atoms with van der Waals surface area (Å²) in [6.07, 6.45) is 6.85. The van der Waals surface area contributed by atoms with E-state index < -0.39 is 17.3 Å². The predicted octanol–water partition coefficient (Wildman–Crippen LogP) is 10.2. The van der Waals surface area contributed by atoms with E-state index >= 15 is 0 Å². The molecule has 0 spiro atoms. The minimum absolute atomic E-state index is 0.371. The number of benzene rings is 4. The number of halogens is 2. The van der Waals surface area contributed by atoms with E-state index in [2.05, 4.69) is 146 Å². The van der Waals surface area contributed by atoms with Crippen LogP contribution in [0.25, 0.3) is 0 Å². The Balaban J connectivity index is 0.000000557. The Kier molecular flexibility index (Phi) is 9.14. The number of allylic oxidation sites excluding steroid dienone is 1. The maximum atomic E-state index is 7.88. The zero-order valence-electron chi connectivity index (χ0n) is 27.0. The second-order valence-corrected chi connectivity index (χ2v) is 21.8. The summed E-state index contributed by atoms with van der Waals surface area (Å²) in [4.78, 5) is 6.33. The van der Waals surface area contributed by atoms with Crippen molar-refractivity contribution < 1.29 is 11.9 Å². The predicted molar refractivity (Wildman–Crippen MR) is 195 cm³/mol. The van der Waals surface area contributed by atoms with Gasteiger partial charge in [0.25, 0.3) is 0 Å². The van der Waals surface area contributed by atoms with Crippen molar-refractivity contribution in [3.8, 4) is 0 Å². The van der Waals surface area contributed by atoms with Crippen LogP contribution in [0.3, 0.4) is 0 Å². The minimum Gasteiger partial charge on any atom is -0.265 e. The summed E-state index contributed by atoms with van der Waals surface area (Å²) in [5, 5.41) is 0. The fourth-order valence-electron chi connectivity index (χ4n) is 7.35. The molecule has 1 aliphatic heterocycles. The van der Waals surface area contributed by atoms with Gasteiger partial charge in [0, 0.05) is 12.4 Å². The number of aryl methyl sites for hydroxylation is 3. The van der Waals surface area contributed by atoms with Crippen LogP contribution in [0.5, 0.6) is 0 Å². The van der Waals surface area contributed by atoms with Crippen molar-refractivity contribution in [2.75, 3.05) is 4.90 Å². The molecule has 5 aromatic rings. The first-order valence-corrected chi connectivity index (χ1v) is 21.9. The van der Waals surface area contributed by atoms with Gasteiger partial charge in [-0.1, -0.05) is 6.07 Å². The van der Waals surface area contributed by atoms with Gasteiger partial charge in [-0.3, -0.25) is 4.98 Å². The molecule has 0 radical (unpaired) electrons. The van der Waals surface area contributed by atoms with Crippen LogP contribution in [-0.2, 0) is 23.7 Å². The van der Waals surface area contributed by atoms with E-state index in [9.17, 15) is 0 Å². The van der Waals surface area contributed by atoms with E-state index in [-0.39, 0.29) is 5.54 Å². The van der Waals surface area contributed by atoms with Gasteiger partial charge in [0.1, 0.15) is 0 Å². The van der Waals surface area contributed by atoms with Crippen LogP contribution in [0, 0.1) is 20.8 Å². The molecule has 1 atom stereocenters. The summed E-state index contributed by atoms with van der Waals surface area (Å²) in [6.45, 7) is 11.3. The van der Waals surface area contributed by atoms with E-state index in [0.717, 1.165) is 16.2 Å². The Bertz CT molecular complexity index is 1970. The zero-order chi connectivity index (χ0) is 32.5. The van der Waals surface area contributed by atoms with Crippen molar-refractivity contribution in [3.05, 3.63) is 178 Å². The molecule has 2 nitrogen and oxygen atoms in total. The van der Waals surface area contributed by atoms with Crippen LogP contribution in [0.2, 0.25) is 0 Å². The Labute approximate surface area is 284 Å². The third-order valence-corrected chi connectivity index (χ3v) is 14.7. The smallest absolute Gasteiger partial charge is 0.0267 e. The first kappa shape index (κ1) is 32.5. The van der Waals surface area contributed by atoms with Crippen LogP contribution in [0.15, 0.2) is 139 Å². The van der Waals surface area contributed by atoms with E-state index in [1.807, 2.05) is 24.3 Å². The van der Waals surface area contributed by atoms with E-state index in [4.69, 9.17) is 19.4 Å². The Hall–Kier alpha value is -3.49. The quantitative estimate of drug-likeness (QED) is 0.136. The number of rotatable bonds is 3. The summed E-state index contributed by atoms with van der Waals surface area (Å²) in [6, 6.07) is 40.4. The standard InChI is InChI=1S/C29H29N.C7H6.C5H5N.2ClH.Ru/c1-20-17-21(2)27(22(3)18-20)30-19-29(24-12-7-6-8-13-24)25-14-10-9-11-23(25)15-16-26(29)28(30,4)5;1-7-5-3-2-4-6-7;1-2-4-6-5-3-1;;;/h6-14,16-18H,15H2,1-5H3;1-6H;1-5H;2*1H;/q;;;;;+2/p-2/t29-;;;;;/m1...../s1. The summed E-state index contributed by atoms with van der Waals surface area (Å²) >= 11 is -3.76. The average Bonchev–Trinajstić information content (AvgIpc) is 3.27. The van der Waals surface area contributed by atoms with Gasteiger partial charge in [0.15, 0.2) is 0 Å². The van der Waals surface area contributed by atoms with Gasteiger partial charge >= 0.3 is 250 Å². The number of hydrogen-bond donors (Lipinski definition) is 0. The number of aromatic nitrogens is 1. The zero-order valence-corrected chi connectivity index (χ0v) is 30.2. The molecule has 1 saturated heterocycles. The fourth-order valence-corrected chi connectivity index (χ4v) is 14.4. The summed E-state index contributed by atoms with van der Waals surface area (Å²) < 4.78 is 3.31. The third-order valence-electron chi connectivity index (χ3n) is 8.96. The van der Waals surface area contributed by atoms with Gasteiger partial charge < -0.3 is 0 Å². The van der Waals surface area contributed by atoms with Crippen molar-refractivity contribution in [2.45, 2.75) is 52.0 Å². The Morgan fingerprint density at radius 3 is 1.89 bits per heavy atom. The molecule has 1 fully saturated rings. The summed E-state index contributed by atoms with van der Waals surface area (Å²) in [5.41, 5.74) is 10.2. The minimum atomic E-state index is -3.76. The maximum absolute atomic E-state index is 7.88. The molecule has 4 aromatic carbocycles. The largest absolute Gasteiger partial charge is 0.265 e. The Morgan fingerprint density at radius 2 is 1.30 bits per heavy atom. The normalized spacial score (nSPS) is 18.5. The molecule has 0 amide bonds. The monoisotopic (exact) mass is 732 g/mol. The number of anilines is 1. The molecule has 0 bridgehead atoms. The number of hydrogen-bond acceptors (Lipinski definition) is 2. The van der Waals surface area contributed by atoms with Crippen molar-refractivity contribution in [2.24, 2.45) is 0 Å². The average molecular weight is 733 g/mol. The number of pyridine rings is 1. The molecule has 5 heteroatoms. The second-order valence-electron chi connectivity index (χ2n) is 12.5. The molecular weight excluding hydrogens is 692 g/mol. The van der Waals surface area contributed by atoms with Crippen molar-refractivity contribution in [1.82, 2.24) is 4.98 Å². The van der Waals surface area contributed by atoms with Crippen LogP contribution < -0.4 is 4.90 Å². The topological polar surface area (TPSA) is 16.1 Å². The van der Waals surface area contributed by atoms with Crippen molar-refractivity contribution >= 4 is 33.9 Å². The molecule has 0 unspecified atom stereocenters. The SMILES string of the molecule is Cc1cc(C)c(N2[C](=[Ru]([Cl])([Cl])=[CH]c3ccccc3)[C@]3(c4ccccc4)C(=CCc4ccccc43)C2(C)C)c(C)c1.c1ccncc1. The number of nitrogens with zero attached hydrogens (tertiary/aromatic N) is 2. The van der Waals surface area contributed by atoms with Crippen LogP contribution in [-0.4, -0.2) is 19.4 Å². The molecule has 46 heavy (non-hydrogen) atoms. The van der Waals surface area contributed by atoms with Gasteiger partial charge in [-0.05, 0) is 12.1 Å². The fraction of sp³-hybridized carbons (Fsp3) is 0.195. The van der Waals surface area contributed by atoms with Gasteiger partial charge in [0.05, 0.1) is 0 Å². The maximum Gasteiger partial charge on any atom is 0.0267 e. The summed E-state index contributed by atoms with van der Waals surface area (Å²) in [7, 11) is 15.8. The van der Waals surface area contributed by atoms with Crippen LogP contribution >= 0.6 is 19.4 Å². The molecule has 2 aliphatic rings. The molecule has 0 saturated carbocycles. The molecule has 236 valence electrons. The number of fused-ring (bicyclic) bond motifs is 3. The van der Waals surface area contributed by atoms with Gasteiger partial charge in [0.2, 0.25) is 0 Å². The molecule has 2 heterocycles. The van der Waals surface area contributed by atoms with Crippen LogP contribution in [0.4, 0.5) is 5.69 Å². The van der Waals surface area contributed by atoms with E-state index in [1.165, 1.54) is 44.6 Å². The van der Waals surface area contributed by atoms with Crippen molar-refractivity contribution in [1.29, 1.82) is 0 Å². The third kappa shape index (κ3) is 5.68. The van der Waals surface area contributed by atoms with E-state index in [1.54, 1.807) is 12.4 Å². The molecule has 1 aliphatic carbocycles. The molecule has 7 rings (SSSR count). The van der Waals surface area contributed by atoms with Crippen LogP contribution in [0.1, 0.15) is 52.8 Å². The summed E-state index contributed by atoms with van der Waals surface area (Å²) in [5.74, 6) is 0. The van der Waals surface area contributed by atoms with Gasteiger partial charge in [-0.25, -0.2) is 0 Å². The first-order chi connectivity index (χ1) is 22.1. The van der Waals surface area contributed by atoms with E-state index in [0.29, 0.717) is 0 Å². The second kappa shape index (κ2) is 13.0. The van der Waals surface area contributed by atoms with Crippen molar-refractivity contribution in [3.63, 3.8) is 0 Å². The molecular formula is C41H40Cl2N2Ru. The van der Waals surface area contributed by atoms with Gasteiger partial charge in [-0.15, -0.1) is 0 Å². The molecule has 0 N–H and O–H groups in total. The first-order valence-electron chi connectivity index (χ1n) is 15.6.